The number of aromatic nitrogens is 1. The van der Waals surface area contributed by atoms with E-state index in [9.17, 15) is 19.2 Å². The van der Waals surface area contributed by atoms with E-state index >= 15 is 0 Å². The van der Waals surface area contributed by atoms with Crippen LogP contribution in [0.15, 0.2) is 76.6 Å². The Balaban J connectivity index is 1.08. The molecule has 3 heterocycles. The number of hydrogen-bond donors (Lipinski definition) is 2. The zero-order chi connectivity index (χ0) is 31.9. The number of fused-ring (bicyclic) bond motifs is 9. The fourth-order valence-electron chi connectivity index (χ4n) is 7.95. The van der Waals surface area contributed by atoms with E-state index in [4.69, 9.17) is 39.5 Å². The molecule has 4 aromatic rings. The normalized spacial score (nSPS) is 27.4. The summed E-state index contributed by atoms with van der Waals surface area (Å²) in [5, 5.41) is 4.88. The molecule has 3 fully saturated rings. The third-order valence-corrected chi connectivity index (χ3v) is 13.2. The van der Waals surface area contributed by atoms with E-state index in [0.29, 0.717) is 32.2 Å². The number of nitrogens with zero attached hydrogens (tertiary/aromatic N) is 1. The molecule has 13 heteroatoms. The molecule has 0 spiro atoms. The van der Waals surface area contributed by atoms with Crippen molar-refractivity contribution in [2.75, 3.05) is 16.8 Å². The highest BCUT2D eigenvalue weighted by Gasteiger charge is 2.69. The van der Waals surface area contributed by atoms with E-state index in [1.54, 1.807) is 60.3 Å². The van der Waals surface area contributed by atoms with Crippen molar-refractivity contribution in [1.82, 2.24) is 4.98 Å². The van der Waals surface area contributed by atoms with Crippen LogP contribution in [0.25, 0.3) is 0 Å². The lowest BCUT2D eigenvalue weighted by atomic mass is 9.68. The summed E-state index contributed by atoms with van der Waals surface area (Å²) in [5.74, 6) is -1.16. The Morgan fingerprint density at radius 2 is 1.70 bits per heavy atom. The van der Waals surface area contributed by atoms with Crippen LogP contribution in [-0.4, -0.2) is 34.6 Å². The number of carbonyl (C=O) groups is 3. The van der Waals surface area contributed by atoms with Gasteiger partial charge < -0.3 is 15.0 Å². The first kappa shape index (κ1) is 30.1. The molecule has 1 aromatic heterocycles. The first-order chi connectivity index (χ1) is 22.2. The van der Waals surface area contributed by atoms with Crippen LogP contribution in [0.5, 0.6) is 5.75 Å². The van der Waals surface area contributed by atoms with Crippen LogP contribution in [0.4, 0.5) is 11.4 Å². The highest BCUT2D eigenvalue weighted by atomic mass is 35.5. The third-order valence-electron chi connectivity index (χ3n) is 9.60. The van der Waals surface area contributed by atoms with Crippen molar-refractivity contribution in [3.63, 3.8) is 0 Å². The summed E-state index contributed by atoms with van der Waals surface area (Å²) in [5.41, 5.74) is 1.98. The summed E-state index contributed by atoms with van der Waals surface area (Å²) in [4.78, 5) is 58.2. The van der Waals surface area contributed by atoms with Crippen molar-refractivity contribution < 1.29 is 19.1 Å². The quantitative estimate of drug-likeness (QED) is 0.207. The molecule has 0 radical (unpaired) electrons. The van der Waals surface area contributed by atoms with Gasteiger partial charge in [0.25, 0.3) is 5.91 Å². The number of imide groups is 1. The molecule has 0 unspecified atom stereocenters. The van der Waals surface area contributed by atoms with Crippen molar-refractivity contribution in [2.24, 2.45) is 29.6 Å². The minimum absolute atomic E-state index is 0.00213. The number of anilines is 2. The number of amides is 3. The van der Waals surface area contributed by atoms with Crippen LogP contribution in [0, 0.1) is 29.6 Å². The molecular weight excluding hydrogens is 689 g/mol. The number of hydrogen-bond acceptors (Lipinski definition) is 7. The topological polar surface area (TPSA) is 109 Å². The highest BCUT2D eigenvalue weighted by molar-refractivity contribution is 8.00. The molecule has 3 aromatic carbocycles. The lowest BCUT2D eigenvalue weighted by Crippen LogP contribution is -2.42. The number of thioether (sulfide) groups is 1. The SMILES string of the molecule is O=C(COc1cccc([C@@H]2c3sc(=O)[nH]c3S[C@@H]3[C@@H]4C[C@@H]([C@@H]5C(=O)N(c6ccc(Cl)cc6)C(=O)[C@@H]45)[C@H]23)c1)Nc1ccc(Cl)c(Cl)c1. The van der Waals surface area contributed by atoms with Crippen LogP contribution in [-0.2, 0) is 14.4 Å². The summed E-state index contributed by atoms with van der Waals surface area (Å²) in [6, 6.07) is 19.2. The van der Waals surface area contributed by atoms with E-state index in [1.165, 1.54) is 16.2 Å². The van der Waals surface area contributed by atoms with Crippen molar-refractivity contribution in [1.29, 1.82) is 0 Å². The Bertz CT molecular complexity index is 1980. The first-order valence-corrected chi connectivity index (χ1v) is 17.5. The van der Waals surface area contributed by atoms with Gasteiger partial charge >= 0.3 is 4.87 Å². The zero-order valence-corrected chi connectivity index (χ0v) is 27.6. The number of ether oxygens (including phenoxy) is 1. The van der Waals surface area contributed by atoms with Gasteiger partial charge in [-0.2, -0.15) is 0 Å². The summed E-state index contributed by atoms with van der Waals surface area (Å²) < 4.78 is 5.91. The van der Waals surface area contributed by atoms with Gasteiger partial charge in [-0.1, -0.05) is 58.3 Å². The fourth-order valence-corrected chi connectivity index (χ4v) is 11.3. The van der Waals surface area contributed by atoms with Gasteiger partial charge in [-0.3, -0.25) is 24.1 Å². The molecule has 2 aliphatic carbocycles. The van der Waals surface area contributed by atoms with Crippen molar-refractivity contribution in [2.45, 2.75) is 22.6 Å². The number of benzene rings is 3. The van der Waals surface area contributed by atoms with Crippen molar-refractivity contribution >= 4 is 87.0 Å². The maximum absolute atomic E-state index is 13.9. The Hall–Kier alpha value is -3.28. The molecule has 2 bridgehead atoms. The molecule has 8 rings (SSSR count). The van der Waals surface area contributed by atoms with Gasteiger partial charge in [0.2, 0.25) is 11.8 Å². The molecule has 8 nitrogen and oxygen atoms in total. The second kappa shape index (κ2) is 11.5. The maximum Gasteiger partial charge on any atom is 0.305 e. The average Bonchev–Trinajstić information content (AvgIpc) is 3.77. The zero-order valence-electron chi connectivity index (χ0n) is 23.7. The van der Waals surface area contributed by atoms with Crippen LogP contribution in [0.2, 0.25) is 15.1 Å². The number of H-pyrrole nitrogens is 1. The molecule has 4 aliphatic rings. The van der Waals surface area contributed by atoms with E-state index in [-0.39, 0.29) is 58.1 Å². The Morgan fingerprint density at radius 1 is 0.935 bits per heavy atom. The van der Waals surface area contributed by atoms with Gasteiger partial charge in [0.05, 0.1) is 32.6 Å². The molecule has 2 saturated carbocycles. The minimum Gasteiger partial charge on any atom is -0.484 e. The second-order valence-corrected chi connectivity index (χ2v) is 15.4. The lowest BCUT2D eigenvalue weighted by Gasteiger charge is -2.43. The average molecular weight is 713 g/mol. The maximum atomic E-state index is 13.9. The predicted molar refractivity (Wildman–Crippen MR) is 179 cm³/mol. The molecule has 1 saturated heterocycles. The minimum atomic E-state index is -0.417. The Kier molecular flexibility index (Phi) is 7.49. The van der Waals surface area contributed by atoms with Crippen LogP contribution in [0.1, 0.15) is 22.8 Å². The fraction of sp³-hybridized carbons (Fsp3) is 0.273. The van der Waals surface area contributed by atoms with Crippen molar-refractivity contribution in [3.8, 4) is 5.75 Å². The van der Waals surface area contributed by atoms with E-state index in [0.717, 1.165) is 21.9 Å². The smallest absolute Gasteiger partial charge is 0.305 e. The Morgan fingerprint density at radius 3 is 2.46 bits per heavy atom. The first-order valence-electron chi connectivity index (χ1n) is 14.7. The molecule has 3 amide bonds. The molecule has 7 atom stereocenters. The van der Waals surface area contributed by atoms with E-state index in [1.807, 2.05) is 18.2 Å². The third kappa shape index (κ3) is 4.88. The standard InChI is InChI=1S/C33H24Cl3N3O5S2/c34-15-4-7-17(8-5-15)39-31(41)26-19-12-20(27(26)32(39)42)28-25(19)24(29-30(45-28)38-33(43)46-29)14-2-1-3-18(10-14)44-13-23(40)37-16-6-9-21(35)22(36)11-16/h1-11,19-20,24-28H,12-13H2,(H,37,40)(H,38,43)/t19-,20-,24+,25-,26+,27+,28-/m1/s1. The van der Waals surface area contributed by atoms with Gasteiger partial charge in [0.15, 0.2) is 6.61 Å². The second-order valence-electron chi connectivity index (χ2n) is 12.0. The molecule has 234 valence electrons. The van der Waals surface area contributed by atoms with E-state index in [2.05, 4.69) is 10.3 Å². The molecule has 46 heavy (non-hydrogen) atoms. The molecule has 2 N–H and O–H groups in total. The van der Waals surface area contributed by atoms with Crippen LogP contribution < -0.4 is 19.8 Å². The predicted octanol–water partition coefficient (Wildman–Crippen LogP) is 7.09. The Labute approximate surface area is 286 Å². The lowest BCUT2D eigenvalue weighted by molar-refractivity contribution is -0.123. The highest BCUT2D eigenvalue weighted by Crippen LogP contribution is 2.68. The van der Waals surface area contributed by atoms with Gasteiger partial charge in [-0.05, 0) is 84.3 Å². The number of carbonyl (C=O) groups excluding carboxylic acids is 3. The summed E-state index contributed by atoms with van der Waals surface area (Å²) >= 11 is 20.9. The van der Waals surface area contributed by atoms with Crippen molar-refractivity contribution in [3.05, 3.63) is 102 Å². The van der Waals surface area contributed by atoms with Gasteiger partial charge in [0, 0.05) is 26.8 Å². The van der Waals surface area contributed by atoms with Crippen LogP contribution in [0.3, 0.4) is 0 Å². The number of rotatable bonds is 6. The molecular formula is C33H24Cl3N3O5S2. The number of halogens is 3. The largest absolute Gasteiger partial charge is 0.484 e. The van der Waals surface area contributed by atoms with E-state index < -0.39 is 11.8 Å². The molecule has 2 aliphatic heterocycles. The number of thiazole rings is 1. The number of aromatic amines is 1. The summed E-state index contributed by atoms with van der Waals surface area (Å²) in [6.45, 7) is -0.232. The van der Waals surface area contributed by atoms with Crippen LogP contribution >= 0.6 is 57.9 Å². The van der Waals surface area contributed by atoms with Gasteiger partial charge in [-0.25, -0.2) is 0 Å². The summed E-state index contributed by atoms with van der Waals surface area (Å²) in [6.07, 6.45) is 0.782. The number of nitrogens with one attached hydrogen (secondary N) is 2. The van der Waals surface area contributed by atoms with Gasteiger partial charge in [0.1, 0.15) is 5.75 Å². The summed E-state index contributed by atoms with van der Waals surface area (Å²) in [7, 11) is 0. The monoisotopic (exact) mass is 711 g/mol. The van der Waals surface area contributed by atoms with Gasteiger partial charge in [-0.15, -0.1) is 11.8 Å².